The maximum atomic E-state index is 14.7. The highest BCUT2D eigenvalue weighted by atomic mass is 19.1. The van der Waals surface area contributed by atoms with Crippen molar-refractivity contribution < 1.29 is 14.0 Å². The van der Waals surface area contributed by atoms with Gasteiger partial charge in [-0.05, 0) is 49.1 Å². The van der Waals surface area contributed by atoms with Gasteiger partial charge in [-0.2, -0.15) is 9.78 Å². The van der Waals surface area contributed by atoms with Crippen molar-refractivity contribution in [1.82, 2.24) is 29.7 Å². The Hall–Kier alpha value is -4.93. The fourth-order valence-corrected chi connectivity index (χ4v) is 5.99. The number of nitrogens with zero attached hydrogens (tertiary/aromatic N) is 6. The van der Waals surface area contributed by atoms with Crippen molar-refractivity contribution in [2.24, 2.45) is 0 Å². The SMILES string of the molecule is Cc1nn(-c2ncnc3nc[nH]c23)c2c1[C@]1(CC(=O)N2)C(=O)N(CCCc2ccccc2)c2ccc(F)cc21. The van der Waals surface area contributed by atoms with E-state index in [-0.39, 0.29) is 18.2 Å². The van der Waals surface area contributed by atoms with Crippen LogP contribution in [0.15, 0.2) is 61.2 Å². The van der Waals surface area contributed by atoms with Crippen LogP contribution < -0.4 is 10.2 Å². The van der Waals surface area contributed by atoms with E-state index in [1.54, 1.807) is 17.9 Å². The number of hydrogen-bond acceptors (Lipinski definition) is 6. The molecule has 39 heavy (non-hydrogen) atoms. The lowest BCUT2D eigenvalue weighted by Gasteiger charge is -2.33. The van der Waals surface area contributed by atoms with Gasteiger partial charge < -0.3 is 15.2 Å². The second kappa shape index (κ2) is 8.55. The highest BCUT2D eigenvalue weighted by Crippen LogP contribution is 2.53. The van der Waals surface area contributed by atoms with E-state index in [2.05, 4.69) is 37.4 Å². The number of fused-ring (bicyclic) bond motifs is 5. The van der Waals surface area contributed by atoms with Crippen LogP contribution in [0.5, 0.6) is 0 Å². The Balaban J connectivity index is 1.37. The number of hydrogen-bond donors (Lipinski definition) is 2. The maximum absolute atomic E-state index is 14.7. The van der Waals surface area contributed by atoms with Gasteiger partial charge in [-0.3, -0.25) is 9.59 Å². The van der Waals surface area contributed by atoms with Crippen molar-refractivity contribution in [3.8, 4) is 5.82 Å². The first-order chi connectivity index (χ1) is 19.0. The Labute approximate surface area is 221 Å². The molecule has 2 N–H and O–H groups in total. The molecule has 11 heteroatoms. The number of imidazole rings is 1. The monoisotopic (exact) mass is 522 g/mol. The number of carbonyl (C=O) groups is 2. The normalized spacial score (nSPS) is 18.1. The minimum Gasteiger partial charge on any atom is -0.340 e. The van der Waals surface area contributed by atoms with Crippen LogP contribution in [0.4, 0.5) is 15.9 Å². The van der Waals surface area contributed by atoms with E-state index >= 15 is 0 Å². The van der Waals surface area contributed by atoms with E-state index in [4.69, 9.17) is 5.10 Å². The number of halogens is 1. The molecule has 5 heterocycles. The summed E-state index contributed by atoms with van der Waals surface area (Å²) in [5, 5.41) is 7.61. The van der Waals surface area contributed by atoms with Crippen molar-refractivity contribution in [3.63, 3.8) is 0 Å². The summed E-state index contributed by atoms with van der Waals surface area (Å²) in [6.07, 6.45) is 4.20. The predicted molar refractivity (Wildman–Crippen MR) is 141 cm³/mol. The molecule has 0 unspecified atom stereocenters. The van der Waals surface area contributed by atoms with Crippen LogP contribution in [0, 0.1) is 12.7 Å². The fourth-order valence-electron chi connectivity index (χ4n) is 5.99. The van der Waals surface area contributed by atoms with Crippen LogP contribution in [-0.2, 0) is 21.4 Å². The summed E-state index contributed by atoms with van der Waals surface area (Å²) in [6, 6.07) is 14.4. The zero-order valence-corrected chi connectivity index (χ0v) is 21.0. The topological polar surface area (TPSA) is 122 Å². The molecule has 3 aromatic heterocycles. The minimum atomic E-state index is -1.41. The van der Waals surface area contributed by atoms with Gasteiger partial charge in [0.05, 0.1) is 12.0 Å². The number of aromatic amines is 1. The molecule has 0 radical (unpaired) electrons. The van der Waals surface area contributed by atoms with Gasteiger partial charge in [0, 0.05) is 24.2 Å². The van der Waals surface area contributed by atoms with Crippen LogP contribution >= 0.6 is 0 Å². The van der Waals surface area contributed by atoms with E-state index in [1.807, 2.05) is 18.2 Å². The smallest absolute Gasteiger partial charge is 0.242 e. The second-order valence-corrected chi connectivity index (χ2v) is 9.86. The summed E-state index contributed by atoms with van der Waals surface area (Å²) >= 11 is 0. The number of aryl methyl sites for hydroxylation is 2. The first kappa shape index (κ1) is 23.2. The Kier molecular flexibility index (Phi) is 5.09. The summed E-state index contributed by atoms with van der Waals surface area (Å²) < 4.78 is 16.2. The van der Waals surface area contributed by atoms with Crippen molar-refractivity contribution in [2.75, 3.05) is 16.8 Å². The van der Waals surface area contributed by atoms with Crippen molar-refractivity contribution >= 4 is 34.5 Å². The summed E-state index contributed by atoms with van der Waals surface area (Å²) in [7, 11) is 0. The molecule has 5 aromatic rings. The van der Waals surface area contributed by atoms with Crippen LogP contribution in [0.1, 0.15) is 35.2 Å². The molecule has 0 saturated carbocycles. The minimum absolute atomic E-state index is 0.153. The van der Waals surface area contributed by atoms with Crippen molar-refractivity contribution in [2.45, 2.75) is 31.6 Å². The largest absolute Gasteiger partial charge is 0.340 e. The molecule has 10 nitrogen and oxygen atoms in total. The van der Waals surface area contributed by atoms with Gasteiger partial charge in [0.1, 0.15) is 28.9 Å². The number of nitrogens with one attached hydrogen (secondary N) is 2. The summed E-state index contributed by atoms with van der Waals surface area (Å²) in [6.45, 7) is 2.21. The van der Waals surface area contributed by atoms with Gasteiger partial charge in [0.15, 0.2) is 11.5 Å². The van der Waals surface area contributed by atoms with E-state index in [0.29, 0.717) is 58.3 Å². The highest BCUT2D eigenvalue weighted by Gasteiger charge is 2.58. The number of carbonyl (C=O) groups excluding carboxylic acids is 2. The van der Waals surface area contributed by atoms with Gasteiger partial charge in [-0.1, -0.05) is 30.3 Å². The van der Waals surface area contributed by atoms with E-state index < -0.39 is 11.2 Å². The van der Waals surface area contributed by atoms with E-state index in [9.17, 15) is 14.0 Å². The summed E-state index contributed by atoms with van der Waals surface area (Å²) in [5.41, 5.74) is 2.88. The summed E-state index contributed by atoms with van der Waals surface area (Å²) in [4.78, 5) is 45.1. The molecule has 0 fully saturated rings. The third-order valence-corrected chi connectivity index (χ3v) is 7.58. The average Bonchev–Trinajstić information content (AvgIpc) is 3.60. The van der Waals surface area contributed by atoms with Gasteiger partial charge in [0.2, 0.25) is 11.8 Å². The Morgan fingerprint density at radius 3 is 2.77 bits per heavy atom. The Morgan fingerprint density at radius 1 is 1.08 bits per heavy atom. The number of amides is 2. The molecule has 0 bridgehead atoms. The Bertz CT molecular complexity index is 1780. The van der Waals surface area contributed by atoms with Crippen molar-refractivity contribution in [1.29, 1.82) is 0 Å². The lowest BCUT2D eigenvalue weighted by molar-refractivity contribution is -0.126. The molecular weight excluding hydrogens is 499 g/mol. The molecule has 2 aliphatic rings. The predicted octanol–water partition coefficient (Wildman–Crippen LogP) is 3.59. The number of H-pyrrole nitrogens is 1. The van der Waals surface area contributed by atoms with Gasteiger partial charge >= 0.3 is 0 Å². The van der Waals surface area contributed by atoms with Crippen LogP contribution in [0.3, 0.4) is 0 Å². The third kappa shape index (κ3) is 3.39. The summed E-state index contributed by atoms with van der Waals surface area (Å²) in [5.74, 6) is -0.394. The second-order valence-electron chi connectivity index (χ2n) is 9.86. The first-order valence-corrected chi connectivity index (χ1v) is 12.7. The number of anilines is 2. The van der Waals surface area contributed by atoms with Gasteiger partial charge in [-0.15, -0.1) is 0 Å². The van der Waals surface area contributed by atoms with E-state index in [1.165, 1.54) is 35.0 Å². The molecule has 0 aliphatic carbocycles. The standard InChI is InChI=1S/C28H23FN8O2/c1-16-22-25(37(35-16)26-23-24(31-14-30-23)32-15-33-26)34-21(38)13-28(22)19-12-18(29)9-10-20(19)36(27(28)39)11-5-8-17-6-3-2-4-7-17/h2-4,6-7,9-10,12,14-15H,5,8,11,13H2,1H3,(H,34,38)(H,30,31,32,33)/t28-/m1/s1. The van der Waals surface area contributed by atoms with Crippen LogP contribution in [0.2, 0.25) is 0 Å². The zero-order chi connectivity index (χ0) is 26.7. The van der Waals surface area contributed by atoms with E-state index in [0.717, 1.165) is 6.42 Å². The van der Waals surface area contributed by atoms with Gasteiger partial charge in [-0.25, -0.2) is 19.3 Å². The lowest BCUT2D eigenvalue weighted by atomic mass is 9.70. The van der Waals surface area contributed by atoms with Crippen molar-refractivity contribution in [3.05, 3.63) is 89.4 Å². The zero-order valence-electron chi connectivity index (χ0n) is 21.0. The molecule has 2 amide bonds. The molecule has 1 atom stereocenters. The number of aromatic nitrogens is 6. The third-order valence-electron chi connectivity index (χ3n) is 7.58. The molecular formula is C28H23FN8O2. The lowest BCUT2D eigenvalue weighted by Crippen LogP contribution is -2.47. The number of rotatable bonds is 5. The van der Waals surface area contributed by atoms with Gasteiger partial charge in [0.25, 0.3) is 0 Å². The van der Waals surface area contributed by atoms with Crippen LogP contribution in [0.25, 0.3) is 17.0 Å². The average molecular weight is 523 g/mol. The maximum Gasteiger partial charge on any atom is 0.242 e. The molecule has 7 rings (SSSR count). The molecule has 1 spiro atoms. The Morgan fingerprint density at radius 2 is 1.92 bits per heavy atom. The number of benzene rings is 2. The fraction of sp³-hybridized carbons (Fsp3) is 0.214. The quantitative estimate of drug-likeness (QED) is 0.364. The first-order valence-electron chi connectivity index (χ1n) is 12.7. The highest BCUT2D eigenvalue weighted by molar-refractivity contribution is 6.16. The molecule has 2 aliphatic heterocycles. The molecule has 0 saturated heterocycles. The van der Waals surface area contributed by atoms with Crippen LogP contribution in [-0.4, -0.2) is 48.1 Å². The molecule has 194 valence electrons. The molecule has 2 aromatic carbocycles.